The lowest BCUT2D eigenvalue weighted by Crippen LogP contribution is -2.24. The Kier molecular flexibility index (Phi) is 5.57. The van der Waals surface area contributed by atoms with Crippen LogP contribution in [0.1, 0.15) is 38.7 Å². The first-order valence-electron chi connectivity index (χ1n) is 9.16. The van der Waals surface area contributed by atoms with Crippen LogP contribution in [0.3, 0.4) is 0 Å². The predicted octanol–water partition coefficient (Wildman–Crippen LogP) is 4.20. The molecule has 5 nitrogen and oxygen atoms in total. The van der Waals surface area contributed by atoms with Crippen LogP contribution in [0.5, 0.6) is 5.88 Å². The van der Waals surface area contributed by atoms with Gasteiger partial charge in [0.05, 0.1) is 16.7 Å². The van der Waals surface area contributed by atoms with Crippen molar-refractivity contribution in [3.8, 4) is 5.88 Å². The summed E-state index contributed by atoms with van der Waals surface area (Å²) in [4.78, 5) is 14.9. The third kappa shape index (κ3) is 5.30. The molecule has 138 valence electrons. The van der Waals surface area contributed by atoms with Crippen LogP contribution >= 0.6 is 0 Å². The Bertz CT molecular complexity index is 817. The molecular weight excluding hydrogens is 324 g/mol. The van der Waals surface area contributed by atoms with Crippen LogP contribution < -0.4 is 4.74 Å². The molecule has 0 atom stereocenters. The number of aromatic nitrogens is 3. The highest BCUT2D eigenvalue weighted by Gasteiger charge is 2.13. The van der Waals surface area contributed by atoms with Crippen molar-refractivity contribution < 1.29 is 4.74 Å². The molecule has 0 bridgehead atoms. The number of aryl methyl sites for hydroxylation is 1. The first-order chi connectivity index (χ1) is 12.4. The zero-order chi connectivity index (χ0) is 18.6. The number of fused-ring (bicyclic) bond motifs is 1. The van der Waals surface area contributed by atoms with Crippen molar-refractivity contribution in [2.24, 2.45) is 0 Å². The highest BCUT2D eigenvalue weighted by molar-refractivity contribution is 5.74. The van der Waals surface area contributed by atoms with E-state index in [0.717, 1.165) is 48.5 Å². The molecule has 0 aliphatic rings. The third-order valence-corrected chi connectivity index (χ3v) is 4.02. The van der Waals surface area contributed by atoms with Crippen LogP contribution in [-0.2, 0) is 13.0 Å². The number of hydrogen-bond acceptors (Lipinski definition) is 4. The van der Waals surface area contributed by atoms with Gasteiger partial charge in [-0.05, 0) is 59.0 Å². The minimum atomic E-state index is -0.232. The Morgan fingerprint density at radius 1 is 1.04 bits per heavy atom. The standard InChI is InChI=1S/C21H28N4O/c1-21(2,3)26-20-13-7-9-16(22-20)15-25(4)14-8-12-19-23-17-10-5-6-11-18(17)24-19/h5-7,9-11,13H,8,12,14-15H2,1-4H3,(H,23,24). The maximum atomic E-state index is 5.85. The van der Waals surface area contributed by atoms with E-state index in [1.165, 1.54) is 0 Å². The summed E-state index contributed by atoms with van der Waals surface area (Å²) in [6.07, 6.45) is 1.99. The quantitative estimate of drug-likeness (QED) is 0.692. The molecule has 3 rings (SSSR count). The number of pyridine rings is 1. The van der Waals surface area contributed by atoms with E-state index in [4.69, 9.17) is 4.74 Å². The van der Waals surface area contributed by atoms with Crippen molar-refractivity contribution in [1.29, 1.82) is 0 Å². The average Bonchev–Trinajstić information content (AvgIpc) is 2.96. The molecule has 0 aliphatic carbocycles. The molecule has 0 spiro atoms. The van der Waals surface area contributed by atoms with Crippen molar-refractivity contribution in [2.75, 3.05) is 13.6 Å². The lowest BCUT2D eigenvalue weighted by atomic mass is 10.2. The summed E-state index contributed by atoms with van der Waals surface area (Å²) in [5.41, 5.74) is 2.94. The molecule has 0 unspecified atom stereocenters. The van der Waals surface area contributed by atoms with E-state index in [0.29, 0.717) is 5.88 Å². The minimum Gasteiger partial charge on any atom is -0.472 e. The number of aromatic amines is 1. The Labute approximate surface area is 155 Å². The second-order valence-electron chi connectivity index (χ2n) is 7.72. The van der Waals surface area contributed by atoms with Crippen LogP contribution in [0.25, 0.3) is 11.0 Å². The van der Waals surface area contributed by atoms with Crippen molar-refractivity contribution in [2.45, 2.75) is 45.8 Å². The van der Waals surface area contributed by atoms with Gasteiger partial charge in [-0.15, -0.1) is 0 Å². The normalized spacial score (nSPS) is 12.0. The Morgan fingerprint density at radius 2 is 1.85 bits per heavy atom. The van der Waals surface area contributed by atoms with Gasteiger partial charge in [0.2, 0.25) is 5.88 Å². The van der Waals surface area contributed by atoms with Crippen molar-refractivity contribution in [1.82, 2.24) is 19.9 Å². The Balaban J connectivity index is 1.49. The first kappa shape index (κ1) is 18.4. The first-order valence-corrected chi connectivity index (χ1v) is 9.16. The van der Waals surface area contributed by atoms with E-state index in [-0.39, 0.29) is 5.60 Å². The van der Waals surface area contributed by atoms with Gasteiger partial charge < -0.3 is 14.6 Å². The van der Waals surface area contributed by atoms with Crippen LogP contribution in [0.15, 0.2) is 42.5 Å². The SMILES string of the molecule is CN(CCCc1nc2ccccc2[nH]1)Cc1cccc(OC(C)(C)C)n1. The largest absolute Gasteiger partial charge is 0.472 e. The van der Waals surface area contributed by atoms with Gasteiger partial charge in [-0.2, -0.15) is 0 Å². The summed E-state index contributed by atoms with van der Waals surface area (Å²) in [6, 6.07) is 14.1. The van der Waals surface area contributed by atoms with Gasteiger partial charge in [0, 0.05) is 19.0 Å². The number of ether oxygens (including phenoxy) is 1. The van der Waals surface area contributed by atoms with E-state index < -0.39 is 0 Å². The number of H-pyrrole nitrogens is 1. The van der Waals surface area contributed by atoms with Gasteiger partial charge in [-0.3, -0.25) is 0 Å². The number of benzene rings is 1. The second-order valence-corrected chi connectivity index (χ2v) is 7.72. The van der Waals surface area contributed by atoms with E-state index in [2.05, 4.69) is 33.0 Å². The number of nitrogens with one attached hydrogen (secondary N) is 1. The van der Waals surface area contributed by atoms with E-state index >= 15 is 0 Å². The van der Waals surface area contributed by atoms with Crippen LogP contribution in [0.2, 0.25) is 0 Å². The number of hydrogen-bond donors (Lipinski definition) is 1. The van der Waals surface area contributed by atoms with E-state index in [9.17, 15) is 0 Å². The fourth-order valence-electron chi connectivity index (χ4n) is 2.91. The van der Waals surface area contributed by atoms with Crippen LogP contribution in [0, 0.1) is 0 Å². The highest BCUT2D eigenvalue weighted by Crippen LogP contribution is 2.16. The predicted molar refractivity (Wildman–Crippen MR) is 105 cm³/mol. The van der Waals surface area contributed by atoms with Gasteiger partial charge in [0.1, 0.15) is 11.4 Å². The van der Waals surface area contributed by atoms with Crippen molar-refractivity contribution >= 4 is 11.0 Å². The molecule has 3 aromatic rings. The monoisotopic (exact) mass is 352 g/mol. The molecule has 0 aliphatic heterocycles. The average molecular weight is 352 g/mol. The molecule has 5 heteroatoms. The molecule has 2 heterocycles. The minimum absolute atomic E-state index is 0.232. The van der Waals surface area contributed by atoms with Gasteiger partial charge in [0.25, 0.3) is 0 Å². The maximum absolute atomic E-state index is 5.85. The van der Waals surface area contributed by atoms with E-state index in [1.807, 2.05) is 57.2 Å². The number of nitrogens with zero attached hydrogens (tertiary/aromatic N) is 3. The number of rotatable bonds is 7. The van der Waals surface area contributed by atoms with Crippen LogP contribution in [-0.4, -0.2) is 39.0 Å². The number of para-hydroxylation sites is 2. The molecule has 1 aromatic carbocycles. The summed E-state index contributed by atoms with van der Waals surface area (Å²) >= 11 is 0. The molecule has 1 N–H and O–H groups in total. The fourth-order valence-corrected chi connectivity index (χ4v) is 2.91. The summed E-state index contributed by atoms with van der Waals surface area (Å²) in [5.74, 6) is 1.74. The smallest absolute Gasteiger partial charge is 0.213 e. The van der Waals surface area contributed by atoms with Crippen LogP contribution in [0.4, 0.5) is 0 Å². The Morgan fingerprint density at radius 3 is 2.62 bits per heavy atom. The molecule has 0 saturated heterocycles. The van der Waals surface area contributed by atoms with Crippen molar-refractivity contribution in [3.05, 3.63) is 54.0 Å². The molecule has 2 aromatic heterocycles. The summed E-state index contributed by atoms with van der Waals surface area (Å²) in [6.45, 7) is 7.90. The second kappa shape index (κ2) is 7.87. The summed E-state index contributed by atoms with van der Waals surface area (Å²) < 4.78 is 5.85. The van der Waals surface area contributed by atoms with Gasteiger partial charge >= 0.3 is 0 Å². The molecule has 0 fully saturated rings. The zero-order valence-electron chi connectivity index (χ0n) is 16.1. The lowest BCUT2D eigenvalue weighted by molar-refractivity contribution is 0.123. The number of imidazole rings is 1. The molecule has 0 saturated carbocycles. The lowest BCUT2D eigenvalue weighted by Gasteiger charge is -2.21. The highest BCUT2D eigenvalue weighted by atomic mass is 16.5. The molecule has 0 radical (unpaired) electrons. The summed E-state index contributed by atoms with van der Waals surface area (Å²) in [5, 5.41) is 0. The van der Waals surface area contributed by atoms with Gasteiger partial charge in [-0.25, -0.2) is 9.97 Å². The van der Waals surface area contributed by atoms with Gasteiger partial charge in [-0.1, -0.05) is 18.2 Å². The summed E-state index contributed by atoms with van der Waals surface area (Å²) in [7, 11) is 2.12. The topological polar surface area (TPSA) is 54.0 Å². The molecular formula is C21H28N4O. The molecule has 26 heavy (non-hydrogen) atoms. The van der Waals surface area contributed by atoms with Gasteiger partial charge in [0.15, 0.2) is 0 Å². The van der Waals surface area contributed by atoms with Crippen molar-refractivity contribution in [3.63, 3.8) is 0 Å². The zero-order valence-corrected chi connectivity index (χ0v) is 16.1. The Hall–Kier alpha value is -2.40. The molecule has 0 amide bonds. The van der Waals surface area contributed by atoms with E-state index in [1.54, 1.807) is 0 Å². The third-order valence-electron chi connectivity index (χ3n) is 4.02. The fraction of sp³-hybridized carbons (Fsp3) is 0.429. The maximum Gasteiger partial charge on any atom is 0.213 e.